The van der Waals surface area contributed by atoms with Gasteiger partial charge in [0.15, 0.2) is 24.6 Å². The van der Waals surface area contributed by atoms with Gasteiger partial charge >= 0.3 is 18.0 Å². The number of esters is 2. The standard InChI is InChI=1S/C36H53N3O11/c1-6-10-19-37-28(41)21-24(15-8-3)33(43)48-31-30(50-36(45)39-26-17-13-12-14-18-26)27(23-40)47-35(46-5)32(31)49-34(44)25(16-9-4)22-29(42)38-20-11-7-2/h8-9,12-14,17-18,24-25,27,30-32,35,40H,3-4,6-7,10-11,15-16,19-23H2,1-2,5H3,(H,37,41)(H,38,42)(H,39,45)/t24-,25-,27-,30-,31+,32+,35+/m1/s1. The van der Waals surface area contributed by atoms with Crippen molar-refractivity contribution in [3.8, 4) is 0 Å². The van der Waals surface area contributed by atoms with Crippen LogP contribution in [0.1, 0.15) is 65.2 Å². The van der Waals surface area contributed by atoms with E-state index in [1.807, 2.05) is 13.8 Å². The van der Waals surface area contributed by atoms with E-state index < -0.39 is 67.2 Å². The lowest BCUT2D eigenvalue weighted by molar-refractivity contribution is -0.300. The Morgan fingerprint density at radius 2 is 1.34 bits per heavy atom. The lowest BCUT2D eigenvalue weighted by atomic mass is 9.96. The largest absolute Gasteiger partial charge is 0.454 e. The number of aliphatic hydroxyl groups excluding tert-OH is 1. The molecule has 1 aliphatic heterocycles. The van der Waals surface area contributed by atoms with E-state index in [1.165, 1.54) is 19.3 Å². The van der Waals surface area contributed by atoms with Gasteiger partial charge in [0.25, 0.3) is 0 Å². The van der Waals surface area contributed by atoms with Crippen LogP contribution in [0.5, 0.6) is 0 Å². The second-order valence-corrected chi connectivity index (χ2v) is 11.9. The molecule has 0 saturated carbocycles. The van der Waals surface area contributed by atoms with Gasteiger partial charge in [0.2, 0.25) is 11.8 Å². The molecule has 0 unspecified atom stereocenters. The van der Waals surface area contributed by atoms with Crippen molar-refractivity contribution in [2.24, 2.45) is 11.8 Å². The summed E-state index contributed by atoms with van der Waals surface area (Å²) in [6.45, 7) is 11.5. The van der Waals surface area contributed by atoms with Crippen LogP contribution < -0.4 is 16.0 Å². The topological polar surface area (TPSA) is 188 Å². The van der Waals surface area contributed by atoms with E-state index in [2.05, 4.69) is 29.1 Å². The maximum Gasteiger partial charge on any atom is 0.412 e. The SMILES string of the molecule is C=CC[C@H](CC(=O)NCCCC)C(=O)O[C@@H]1[C@H](OC(=O)[C@H](CC=C)CC(=O)NCCCC)[C@@H](OC)O[C@H](CO)[C@H]1OC(=O)Nc1ccccc1. The molecule has 1 heterocycles. The molecule has 1 aliphatic rings. The van der Waals surface area contributed by atoms with Crippen molar-refractivity contribution >= 4 is 35.5 Å². The van der Waals surface area contributed by atoms with Gasteiger partial charge in [-0.25, -0.2) is 4.79 Å². The fourth-order valence-corrected chi connectivity index (χ4v) is 5.20. The zero-order valence-electron chi connectivity index (χ0n) is 29.3. The molecule has 1 aromatic carbocycles. The van der Waals surface area contributed by atoms with Gasteiger partial charge in [0.05, 0.1) is 18.4 Å². The Labute approximate surface area is 294 Å². The van der Waals surface area contributed by atoms with Crippen molar-refractivity contribution in [2.75, 3.05) is 32.1 Å². The molecule has 0 bridgehead atoms. The monoisotopic (exact) mass is 703 g/mol. The van der Waals surface area contributed by atoms with Crippen molar-refractivity contribution in [1.29, 1.82) is 0 Å². The maximum absolute atomic E-state index is 13.8. The van der Waals surface area contributed by atoms with Crippen LogP contribution in [0.4, 0.5) is 10.5 Å². The molecule has 0 aliphatic carbocycles. The highest BCUT2D eigenvalue weighted by Crippen LogP contribution is 2.31. The molecular formula is C36H53N3O11. The number of anilines is 1. The van der Waals surface area contributed by atoms with Crippen LogP contribution in [0.15, 0.2) is 55.6 Å². The highest BCUT2D eigenvalue weighted by molar-refractivity contribution is 5.85. The smallest absolute Gasteiger partial charge is 0.412 e. The normalized spacial score (nSPS) is 21.1. The lowest BCUT2D eigenvalue weighted by Crippen LogP contribution is -2.63. The Hall–Kier alpha value is -4.27. The van der Waals surface area contributed by atoms with Crippen molar-refractivity contribution < 1.29 is 52.8 Å². The summed E-state index contributed by atoms with van der Waals surface area (Å²) >= 11 is 0. The summed E-state index contributed by atoms with van der Waals surface area (Å²) in [5.41, 5.74) is 0.394. The van der Waals surface area contributed by atoms with E-state index in [-0.39, 0.29) is 37.5 Å². The average molecular weight is 704 g/mol. The van der Waals surface area contributed by atoms with Crippen LogP contribution in [0.2, 0.25) is 0 Å². The van der Waals surface area contributed by atoms with Crippen LogP contribution in [0.3, 0.4) is 0 Å². The summed E-state index contributed by atoms with van der Waals surface area (Å²) in [6, 6.07) is 8.39. The number of methoxy groups -OCH3 is 1. The van der Waals surface area contributed by atoms with Crippen LogP contribution in [0.25, 0.3) is 0 Å². The maximum atomic E-state index is 13.8. The van der Waals surface area contributed by atoms with Gasteiger partial charge < -0.3 is 39.4 Å². The number of amides is 3. The van der Waals surface area contributed by atoms with E-state index in [4.69, 9.17) is 23.7 Å². The number of aliphatic hydroxyl groups is 1. The number of carbonyl (C=O) groups excluding carboxylic acids is 5. The van der Waals surface area contributed by atoms with Crippen LogP contribution >= 0.6 is 0 Å². The van der Waals surface area contributed by atoms with Gasteiger partial charge in [-0.05, 0) is 37.8 Å². The Balaban J connectivity index is 2.46. The van der Waals surface area contributed by atoms with Crippen LogP contribution in [-0.2, 0) is 42.9 Å². The van der Waals surface area contributed by atoms with Crippen molar-refractivity contribution in [3.63, 3.8) is 0 Å². The van der Waals surface area contributed by atoms with E-state index >= 15 is 0 Å². The molecule has 4 N–H and O–H groups in total. The third-order valence-electron chi connectivity index (χ3n) is 7.91. The van der Waals surface area contributed by atoms with Crippen molar-refractivity contribution in [1.82, 2.24) is 10.6 Å². The molecule has 278 valence electrons. The van der Waals surface area contributed by atoms with Crippen LogP contribution in [0, 0.1) is 11.8 Å². The van der Waals surface area contributed by atoms with Crippen LogP contribution in [-0.4, -0.2) is 92.5 Å². The molecule has 1 saturated heterocycles. The first-order chi connectivity index (χ1) is 24.1. The summed E-state index contributed by atoms with van der Waals surface area (Å²) in [5, 5.41) is 18.4. The Morgan fingerprint density at radius 1 is 0.820 bits per heavy atom. The minimum atomic E-state index is -1.58. The summed E-state index contributed by atoms with van der Waals surface area (Å²) in [6.07, 6.45) is -2.38. The van der Waals surface area contributed by atoms with Gasteiger partial charge in [-0.2, -0.15) is 0 Å². The number of hydrogen-bond donors (Lipinski definition) is 4. The van der Waals surface area contributed by atoms with Gasteiger partial charge in [0.1, 0.15) is 6.10 Å². The van der Waals surface area contributed by atoms with E-state index in [9.17, 15) is 29.1 Å². The first kappa shape index (κ1) is 41.9. The highest BCUT2D eigenvalue weighted by atomic mass is 16.7. The fraction of sp³-hybridized carbons (Fsp3) is 0.583. The highest BCUT2D eigenvalue weighted by Gasteiger charge is 2.53. The van der Waals surface area contributed by atoms with E-state index in [0.717, 1.165) is 25.7 Å². The molecule has 7 atom stereocenters. The zero-order valence-corrected chi connectivity index (χ0v) is 29.3. The number of nitrogens with one attached hydrogen (secondary N) is 3. The summed E-state index contributed by atoms with van der Waals surface area (Å²) in [7, 11) is 1.26. The summed E-state index contributed by atoms with van der Waals surface area (Å²) < 4.78 is 28.8. The minimum Gasteiger partial charge on any atom is -0.454 e. The number of hydrogen-bond acceptors (Lipinski definition) is 11. The fourth-order valence-electron chi connectivity index (χ4n) is 5.20. The summed E-state index contributed by atoms with van der Waals surface area (Å²) in [5.74, 6) is -4.43. The first-order valence-electron chi connectivity index (χ1n) is 17.1. The number of unbranched alkanes of at least 4 members (excludes halogenated alkanes) is 2. The molecule has 14 heteroatoms. The third-order valence-corrected chi connectivity index (χ3v) is 7.91. The van der Waals surface area contributed by atoms with E-state index in [1.54, 1.807) is 30.3 Å². The number of allylic oxidation sites excluding steroid dienone is 2. The third kappa shape index (κ3) is 13.9. The molecule has 0 spiro atoms. The second-order valence-electron chi connectivity index (χ2n) is 11.9. The first-order valence-corrected chi connectivity index (χ1v) is 17.1. The molecule has 1 fully saturated rings. The van der Waals surface area contributed by atoms with Gasteiger partial charge in [-0.3, -0.25) is 24.5 Å². The van der Waals surface area contributed by atoms with Gasteiger partial charge in [-0.1, -0.05) is 57.0 Å². The molecule has 1 aromatic rings. The predicted octanol–water partition coefficient (Wildman–Crippen LogP) is 3.79. The molecule has 14 nitrogen and oxygen atoms in total. The molecule has 2 rings (SSSR count). The number of rotatable bonds is 22. The number of para-hydroxylation sites is 1. The van der Waals surface area contributed by atoms with Gasteiger partial charge in [-0.15, -0.1) is 13.2 Å². The second kappa shape index (κ2) is 23.2. The zero-order chi connectivity index (χ0) is 36.9. The Morgan fingerprint density at radius 3 is 1.80 bits per heavy atom. The molecule has 50 heavy (non-hydrogen) atoms. The Kier molecular flexibility index (Phi) is 19.4. The number of ether oxygens (including phenoxy) is 5. The van der Waals surface area contributed by atoms with Crippen molar-refractivity contribution in [3.05, 3.63) is 55.6 Å². The average Bonchev–Trinajstić information content (AvgIpc) is 3.09. The Bertz CT molecular complexity index is 1240. The molecular weight excluding hydrogens is 650 g/mol. The quantitative estimate of drug-likeness (QED) is 0.0596. The molecule has 0 radical (unpaired) electrons. The van der Waals surface area contributed by atoms with Gasteiger partial charge in [0, 0.05) is 38.7 Å². The van der Waals surface area contributed by atoms with E-state index in [0.29, 0.717) is 18.8 Å². The molecule has 0 aromatic heterocycles. The number of carbonyl (C=O) groups is 5. The minimum absolute atomic E-state index is 0.0689. The van der Waals surface area contributed by atoms with Crippen molar-refractivity contribution in [2.45, 2.75) is 95.9 Å². The predicted molar refractivity (Wildman–Crippen MR) is 185 cm³/mol. The lowest BCUT2D eigenvalue weighted by Gasteiger charge is -2.44. The molecule has 3 amide bonds. The number of benzene rings is 1. The summed E-state index contributed by atoms with van der Waals surface area (Å²) in [4.78, 5) is 65.8.